The highest BCUT2D eigenvalue weighted by molar-refractivity contribution is 14.1. The second-order valence-corrected chi connectivity index (χ2v) is 40.3. The van der Waals surface area contributed by atoms with E-state index in [1.165, 1.54) is 69.2 Å². The lowest BCUT2D eigenvalue weighted by atomic mass is 9.48. The summed E-state index contributed by atoms with van der Waals surface area (Å²) in [7, 11) is -10.9. The molecule has 0 spiro atoms. The van der Waals surface area contributed by atoms with E-state index in [2.05, 4.69) is 119 Å². The van der Waals surface area contributed by atoms with Gasteiger partial charge >= 0.3 is 54.5 Å². The van der Waals surface area contributed by atoms with E-state index in [-0.39, 0.29) is 86.9 Å². The second kappa shape index (κ2) is 44.0. The number of carbonyl (C=O) groups excluding carboxylic acids is 6. The molecule has 5 saturated carbocycles. The van der Waals surface area contributed by atoms with E-state index in [1.54, 1.807) is 74.6 Å². The Morgan fingerprint density at radius 2 is 0.947 bits per heavy atom. The Labute approximate surface area is 771 Å². The summed E-state index contributed by atoms with van der Waals surface area (Å²) in [4.78, 5) is 76.0. The maximum atomic E-state index is 13.2. The van der Waals surface area contributed by atoms with Gasteiger partial charge in [0, 0.05) is 50.0 Å². The van der Waals surface area contributed by atoms with Gasteiger partial charge < -0.3 is 42.3 Å². The van der Waals surface area contributed by atoms with Gasteiger partial charge in [-0.3, -0.25) is 4.79 Å². The van der Waals surface area contributed by atoms with E-state index in [4.69, 9.17) is 18.9 Å². The second-order valence-electron chi connectivity index (χ2n) is 32.2. The van der Waals surface area contributed by atoms with Crippen molar-refractivity contribution in [3.8, 4) is 16.4 Å². The number of fused-ring (bicyclic) bond motifs is 3. The highest BCUT2D eigenvalue weighted by atomic mass is 127. The predicted molar refractivity (Wildman–Crippen MR) is 482 cm³/mol. The Balaban J connectivity index is 0.000000179. The number of carbonyl (C=O) groups is 6. The Morgan fingerprint density at radius 1 is 0.519 bits per heavy atom. The summed E-state index contributed by atoms with van der Waals surface area (Å²) in [6.07, 6.45) is -14.9. The number of alkyl halides is 9. The zero-order valence-electron chi connectivity index (χ0n) is 71.7. The number of thiophene rings is 1. The number of esters is 6. The van der Waals surface area contributed by atoms with E-state index in [0.29, 0.717) is 27.6 Å². The highest BCUT2D eigenvalue weighted by Gasteiger charge is 2.64. The summed E-state index contributed by atoms with van der Waals surface area (Å²) in [5.74, 6) is -9.43. The molecule has 5 aliphatic carbocycles. The van der Waals surface area contributed by atoms with E-state index in [1.807, 2.05) is 91.0 Å². The average molecular weight is 2010 g/mol. The molecule has 34 heteroatoms. The van der Waals surface area contributed by atoms with Crippen LogP contribution in [0.3, 0.4) is 0 Å². The van der Waals surface area contributed by atoms with Gasteiger partial charge in [-0.25, -0.2) is 45.2 Å². The molecule has 131 heavy (non-hydrogen) atoms. The smallest absolute Gasteiger partial charge is 0.573 e. The summed E-state index contributed by atoms with van der Waals surface area (Å²) >= 11 is 1.75. The molecule has 10 aromatic rings. The SMILES string of the molecule is C=C(C)C(=O)OC(C)(C)c1ccc(F)cc1.C=C(C)C(=O)OC1(c2ccccc2)CCCC1.C=C(C)C(=O)OC12CC3CC(C1)CC(C(=O)OC(CS(=O)(=O)[O-])C(F)(F)F)(C3)C2.C=C(C)C(=O)Oc1cc(C(=O)OC(CS(=O)(=O)[O-])C(F)(F)F)ccc1I.FC(F)(F)Oc1ccc([S+](c2ccccc2)c2ccccc2)cc1.c1ccc(-[s+]2c3ccccc3c3ccccc32)cc1. The van der Waals surface area contributed by atoms with Gasteiger partial charge in [0.2, 0.25) is 12.2 Å². The molecule has 0 saturated heterocycles. The Bertz CT molecular complexity index is 5880. The Morgan fingerprint density at radius 3 is 1.40 bits per heavy atom. The zero-order valence-corrected chi connectivity index (χ0v) is 77.1. The van der Waals surface area contributed by atoms with Gasteiger partial charge in [0.1, 0.15) is 34.1 Å². The van der Waals surface area contributed by atoms with Crippen LogP contribution < -0.4 is 9.47 Å². The summed E-state index contributed by atoms with van der Waals surface area (Å²) in [5.41, 5.74) is -1.04. The van der Waals surface area contributed by atoms with Crippen molar-refractivity contribution < 1.29 is 132 Å². The first kappa shape index (κ1) is 104. The van der Waals surface area contributed by atoms with E-state index in [0.717, 1.165) is 70.1 Å². The number of rotatable bonds is 23. The number of ether oxygens (including phenoxy) is 7. The van der Waals surface area contributed by atoms with Crippen molar-refractivity contribution >= 4 is 120 Å². The lowest BCUT2D eigenvalue weighted by molar-refractivity contribution is -0.274. The normalized spacial score (nSPS) is 17.6. The summed E-state index contributed by atoms with van der Waals surface area (Å²) in [6.45, 7) is 23.7. The number of hydrogen-bond acceptors (Lipinski definition) is 19. The number of halogens is 11. The first-order chi connectivity index (χ1) is 61.3. The van der Waals surface area contributed by atoms with Crippen LogP contribution in [0, 0.1) is 26.6 Å². The van der Waals surface area contributed by atoms with Gasteiger partial charge in [-0.1, -0.05) is 148 Å². The van der Waals surface area contributed by atoms with Crippen molar-refractivity contribution in [2.45, 2.75) is 168 Å². The first-order valence-corrected chi connectivity index (χ1v) is 47.2. The fourth-order valence-electron chi connectivity index (χ4n) is 15.5. The van der Waals surface area contributed by atoms with Crippen LogP contribution >= 0.6 is 33.1 Å². The third-order valence-corrected chi connectivity index (χ3v) is 28.0. The molecule has 0 amide bonds. The zero-order chi connectivity index (χ0) is 96.4. The van der Waals surface area contributed by atoms with E-state index < -0.39 is 120 Å². The summed E-state index contributed by atoms with van der Waals surface area (Å²) in [6, 6.07) is 73.5. The van der Waals surface area contributed by atoms with Crippen LogP contribution in [-0.2, 0) is 90.0 Å². The molecule has 4 unspecified atom stereocenters. The first-order valence-electron chi connectivity index (χ1n) is 40.5. The molecular weight excluding hydrogens is 1910 g/mol. The van der Waals surface area contributed by atoms with Gasteiger partial charge in [0.25, 0.3) is 0 Å². The average Bonchev–Trinajstić information content (AvgIpc) is 1.71. The number of benzene rings is 9. The topological polar surface area (TPSA) is 281 Å². The fraction of sp³-hybridized carbons (Fsp3) is 0.299. The lowest BCUT2D eigenvalue weighted by Crippen LogP contribution is -2.60. The van der Waals surface area contributed by atoms with E-state index >= 15 is 0 Å². The Hall–Kier alpha value is -11.0. The molecule has 696 valence electrons. The quantitative estimate of drug-likeness (QED) is 0.00840. The van der Waals surface area contributed by atoms with Gasteiger partial charge in [0.05, 0.1) is 57.2 Å². The van der Waals surface area contributed by atoms with Crippen LogP contribution in [0.5, 0.6) is 11.5 Å². The summed E-state index contributed by atoms with van der Waals surface area (Å²) < 4.78 is 229. The van der Waals surface area contributed by atoms with Crippen molar-refractivity contribution in [2.24, 2.45) is 17.3 Å². The largest absolute Gasteiger partial charge is 0.748 e. The van der Waals surface area contributed by atoms with Gasteiger partial charge in [-0.15, -0.1) is 13.2 Å². The third-order valence-electron chi connectivity index (χ3n) is 21.1. The highest BCUT2D eigenvalue weighted by Crippen LogP contribution is 2.64. The monoisotopic (exact) mass is 2010 g/mol. The predicted octanol–water partition coefficient (Wildman–Crippen LogP) is 23.0. The van der Waals surface area contributed by atoms with Crippen LogP contribution in [0.25, 0.3) is 25.1 Å². The van der Waals surface area contributed by atoms with Crippen molar-refractivity contribution in [3.05, 3.63) is 311 Å². The molecule has 0 radical (unpaired) electrons. The molecule has 5 aliphatic rings. The van der Waals surface area contributed by atoms with Gasteiger partial charge in [0.15, 0.2) is 29.0 Å². The minimum absolute atomic E-state index is 0.0134. The van der Waals surface area contributed by atoms with Crippen LogP contribution in [0.1, 0.15) is 127 Å². The molecule has 0 N–H and O–H groups in total. The third kappa shape index (κ3) is 29.5. The molecule has 4 atom stereocenters. The lowest BCUT2D eigenvalue weighted by Gasteiger charge is -2.59. The van der Waals surface area contributed by atoms with Crippen LogP contribution in [0.4, 0.5) is 43.9 Å². The molecule has 0 aliphatic heterocycles. The maximum absolute atomic E-state index is 13.2. The molecule has 1 heterocycles. The number of hydrogen-bond donors (Lipinski definition) is 0. The van der Waals surface area contributed by atoms with E-state index in [9.17, 15) is 98.6 Å². The van der Waals surface area contributed by atoms with Crippen LogP contribution in [0.2, 0.25) is 0 Å². The fourth-order valence-corrected chi connectivity index (χ4v) is 21.7. The summed E-state index contributed by atoms with van der Waals surface area (Å²) in [5, 5.41) is 2.79. The molecule has 1 aromatic heterocycles. The molecule has 5 fully saturated rings. The van der Waals surface area contributed by atoms with Crippen LogP contribution in [0.15, 0.2) is 300 Å². The Kier molecular flexibility index (Phi) is 34.8. The van der Waals surface area contributed by atoms with Crippen LogP contribution in [-0.4, -0.2) is 110 Å². The van der Waals surface area contributed by atoms with Crippen molar-refractivity contribution in [3.63, 3.8) is 0 Å². The maximum Gasteiger partial charge on any atom is 0.573 e. The van der Waals surface area contributed by atoms with Gasteiger partial charge in [-0.05, 0) is 260 Å². The molecule has 4 bridgehead atoms. The molecule has 9 aromatic carbocycles. The van der Waals surface area contributed by atoms with Gasteiger partial charge in [-0.2, -0.15) is 26.3 Å². The molecule has 19 nitrogen and oxygen atoms in total. The molecule has 15 rings (SSSR count). The minimum Gasteiger partial charge on any atom is -0.748 e. The van der Waals surface area contributed by atoms with Crippen molar-refractivity contribution in [2.75, 3.05) is 11.5 Å². The standard InChI is InChI=1S/C19H14F3OS.C18H23F3O7S.C18H13S.C15H18O2.C14H12F3IO7S.C13H15FO2/c20-19(21,22)23-15-11-13-18(14-12-15)24(16-7-3-1-4-8-16)17-9-5-2-6-10-17;1-10(2)14(22)28-17-6-11-3-12(7-17)5-16(4-11,9-17)15(23)27-13(18(19,20)21)8-29(24,25)26;1-2-8-14(9-3-1)19-17-12-6-4-10-15(17)16-11-5-7-13-18(16)19;1-12(2)14(16)17-15(10-6-7-11-15)13-8-4-3-5-9-13;1-7(2)12(19)24-10-5-8(3-4-9(10)18)13(20)25-11(14(15,16)17)6-26(21,22)23;1-9(2)12(15)16-13(3,4)10-5-7-11(14)8-6-10/h1-14H;11-13H,1,3-9H2,2H3,(H,24,25,26);1-13H;3-5,8-9H,1,6-7,10-11H2,2H3;3-5,11H,1,6H2,2H3,(H,21,22,23);5-8H,1H2,2-4H3/q+1;;+1;;;/p-2. The molecular formula is C97H93F10IO19S4. The van der Waals surface area contributed by atoms with Crippen molar-refractivity contribution in [1.29, 1.82) is 0 Å². The minimum atomic E-state index is -5.30. The van der Waals surface area contributed by atoms with Crippen molar-refractivity contribution in [1.82, 2.24) is 0 Å².